The number of alkyl halides is 4. The Morgan fingerprint density at radius 1 is 1.13 bits per heavy atom. The first-order chi connectivity index (χ1) is 25.7. The van der Waals surface area contributed by atoms with E-state index in [2.05, 4.69) is 20.0 Å². The van der Waals surface area contributed by atoms with Crippen molar-refractivity contribution >= 4 is 49.1 Å². The third kappa shape index (κ3) is 6.63. The maximum atomic E-state index is 16.6. The van der Waals surface area contributed by atoms with Gasteiger partial charge in [-0.25, -0.2) is 13.2 Å². The molecule has 0 radical (unpaired) electrons. The average Bonchev–Trinajstić information content (AvgIpc) is 3.88. The first-order valence-electron chi connectivity index (χ1n) is 17.2. The number of hydrogen-bond donors (Lipinski definition) is 1. The number of nitrogen functional groups attached to an aromatic ring is 1. The summed E-state index contributed by atoms with van der Waals surface area (Å²) in [5.41, 5.74) is 3.32. The molecule has 3 aromatic heterocycles. The van der Waals surface area contributed by atoms with Crippen molar-refractivity contribution in [1.29, 1.82) is 5.26 Å². The van der Waals surface area contributed by atoms with Crippen molar-refractivity contribution in [3.8, 4) is 23.2 Å². The minimum atomic E-state index is -5.09. The summed E-state index contributed by atoms with van der Waals surface area (Å²) in [6.07, 6.45) is -1.79. The molecule has 5 aromatic rings. The highest BCUT2D eigenvalue weighted by Gasteiger charge is 2.39. The smallest absolute Gasteiger partial charge is 0.417 e. The van der Waals surface area contributed by atoms with Gasteiger partial charge in [-0.15, -0.1) is 11.3 Å². The van der Waals surface area contributed by atoms with Gasteiger partial charge >= 0.3 is 12.2 Å². The van der Waals surface area contributed by atoms with Gasteiger partial charge in [0.15, 0.2) is 11.5 Å². The molecular weight excluding hydrogens is 737 g/mol. The molecule has 3 aliphatic rings. The number of ether oxygens (including phenoxy) is 1. The molecular formula is C36H35F6N9O2S. The number of methoxy groups -OCH3 is 1. The van der Waals surface area contributed by atoms with Gasteiger partial charge in [0.05, 0.1) is 35.2 Å². The van der Waals surface area contributed by atoms with Gasteiger partial charge in [0.1, 0.15) is 34.4 Å². The second kappa shape index (κ2) is 14.3. The van der Waals surface area contributed by atoms with Crippen LogP contribution in [0, 0.1) is 23.0 Å². The number of rotatable bonds is 4. The number of aryl methyl sites for hydroxylation is 1. The molecule has 2 fully saturated rings. The van der Waals surface area contributed by atoms with Crippen LogP contribution in [0.4, 0.5) is 37.2 Å². The number of nitrogens with zero attached hydrogens (tertiary/aromatic N) is 8. The predicted octanol–water partition coefficient (Wildman–Crippen LogP) is 6.77. The molecule has 2 atom stereocenters. The molecule has 0 bridgehead atoms. The van der Waals surface area contributed by atoms with Crippen LogP contribution in [0.2, 0.25) is 0 Å². The van der Waals surface area contributed by atoms with Gasteiger partial charge in [-0.3, -0.25) is 14.4 Å². The number of hydrogen-bond acceptors (Lipinski definition) is 10. The number of carbonyl (C=O) groups excluding carboxylic acids is 1. The van der Waals surface area contributed by atoms with Crippen molar-refractivity contribution in [1.82, 2.24) is 29.5 Å². The monoisotopic (exact) mass is 771 g/mol. The number of nitriles is 1. The minimum Gasteiger partial charge on any atom is -0.467 e. The fourth-order valence-electron chi connectivity index (χ4n) is 7.52. The van der Waals surface area contributed by atoms with E-state index in [9.17, 15) is 32.0 Å². The molecule has 1 amide bonds. The van der Waals surface area contributed by atoms with Crippen molar-refractivity contribution < 1.29 is 35.9 Å². The van der Waals surface area contributed by atoms with E-state index in [1.165, 1.54) is 24.9 Å². The second-order valence-electron chi connectivity index (χ2n) is 13.6. The molecule has 2 aromatic carbocycles. The Kier molecular flexibility index (Phi) is 9.81. The molecule has 2 N–H and O–H groups in total. The molecule has 54 heavy (non-hydrogen) atoms. The first kappa shape index (κ1) is 37.2. The van der Waals surface area contributed by atoms with E-state index < -0.39 is 40.6 Å². The predicted molar refractivity (Wildman–Crippen MR) is 191 cm³/mol. The van der Waals surface area contributed by atoms with Gasteiger partial charge in [-0.2, -0.15) is 33.5 Å². The lowest BCUT2D eigenvalue weighted by Crippen LogP contribution is -2.25. The zero-order chi connectivity index (χ0) is 38.6. The number of amides is 1. The van der Waals surface area contributed by atoms with E-state index in [1.807, 2.05) is 0 Å². The lowest BCUT2D eigenvalue weighted by Gasteiger charge is -2.24. The van der Waals surface area contributed by atoms with E-state index in [0.717, 1.165) is 31.2 Å². The summed E-state index contributed by atoms with van der Waals surface area (Å²) in [5.74, 6) is -2.52. The van der Waals surface area contributed by atoms with E-state index in [0.29, 0.717) is 49.1 Å². The molecule has 2 saturated heterocycles. The number of fused-ring (bicyclic) bond motifs is 4. The van der Waals surface area contributed by atoms with Gasteiger partial charge < -0.3 is 20.3 Å². The molecule has 18 heteroatoms. The minimum absolute atomic E-state index is 0.0234. The van der Waals surface area contributed by atoms with Gasteiger partial charge in [0.2, 0.25) is 0 Å². The standard InChI is InChI=1S/C29H23F5N8O2S.C7H12FN/c1-40(2)27(43)19-9-13-12-41(7-4-8-42(13)39-19)26-15-10-17(29(32,33)34)21(22(31)23(15)37-28(38-26)44-3)14-5-6-18(30)24-20(14)16(11-35)25(36)45-24;8-6-4-7-2-1-3-9(7)5-6/h5-6,9-10H,4,7-8,12,36H2,1-3H3;6-7H,1-5H2. The van der Waals surface area contributed by atoms with Gasteiger partial charge in [-0.1, -0.05) is 6.07 Å². The van der Waals surface area contributed by atoms with Crippen LogP contribution >= 0.6 is 11.3 Å². The van der Waals surface area contributed by atoms with E-state index in [1.54, 1.807) is 35.8 Å². The van der Waals surface area contributed by atoms with Crippen molar-refractivity contribution in [3.63, 3.8) is 0 Å². The van der Waals surface area contributed by atoms with Crippen LogP contribution in [0.5, 0.6) is 6.01 Å². The summed E-state index contributed by atoms with van der Waals surface area (Å²) < 4.78 is 95.0. The van der Waals surface area contributed by atoms with E-state index >= 15 is 4.39 Å². The Morgan fingerprint density at radius 2 is 1.91 bits per heavy atom. The molecule has 6 heterocycles. The summed E-state index contributed by atoms with van der Waals surface area (Å²) in [5, 5.41) is 13.5. The largest absolute Gasteiger partial charge is 0.467 e. The van der Waals surface area contributed by atoms with E-state index in [4.69, 9.17) is 10.5 Å². The van der Waals surface area contributed by atoms with Crippen molar-refractivity contribution in [2.45, 2.75) is 57.2 Å². The third-order valence-electron chi connectivity index (χ3n) is 9.98. The number of halogens is 6. The lowest BCUT2D eigenvalue weighted by molar-refractivity contribution is -0.137. The van der Waals surface area contributed by atoms with E-state index in [-0.39, 0.29) is 61.6 Å². The van der Waals surface area contributed by atoms with Crippen molar-refractivity contribution in [2.75, 3.05) is 51.5 Å². The van der Waals surface area contributed by atoms with Crippen LogP contribution in [0.15, 0.2) is 24.3 Å². The zero-order valence-electron chi connectivity index (χ0n) is 29.5. The number of aromatic nitrogens is 4. The van der Waals surface area contributed by atoms with Crippen LogP contribution in [0.1, 0.15) is 53.0 Å². The molecule has 0 spiro atoms. The highest BCUT2D eigenvalue weighted by molar-refractivity contribution is 7.23. The molecule has 2 unspecified atom stereocenters. The quantitative estimate of drug-likeness (QED) is 0.197. The summed E-state index contributed by atoms with van der Waals surface area (Å²) >= 11 is 0.684. The Bertz CT molecular complexity index is 2310. The van der Waals surface area contributed by atoms with Crippen LogP contribution in [-0.4, -0.2) is 88.5 Å². The summed E-state index contributed by atoms with van der Waals surface area (Å²) in [6.45, 7) is 2.67. The molecule has 11 nitrogen and oxygen atoms in total. The lowest BCUT2D eigenvalue weighted by atomic mass is 9.92. The Hall–Kier alpha value is -5.15. The number of benzene rings is 2. The fraction of sp³-hybridized carbons (Fsp3) is 0.417. The maximum Gasteiger partial charge on any atom is 0.417 e. The van der Waals surface area contributed by atoms with Crippen LogP contribution in [0.25, 0.3) is 32.1 Å². The average molecular weight is 772 g/mol. The SMILES string of the molecule is COc1nc(N2CCCn3nc(C(=O)N(C)C)cc3C2)c2cc(C(F)(F)F)c(-c3ccc(F)c4sc(N)c(C#N)c34)c(F)c2n1.FC1CC2CCCN2C1. The highest BCUT2D eigenvalue weighted by atomic mass is 32.1. The number of thiophene rings is 1. The van der Waals surface area contributed by atoms with Crippen molar-refractivity contribution in [3.05, 3.63) is 58.4 Å². The molecule has 8 rings (SSSR count). The summed E-state index contributed by atoms with van der Waals surface area (Å²) in [6, 6.07) is 6.36. The number of nitrogens with two attached hydrogens (primary N) is 1. The molecule has 0 aliphatic carbocycles. The van der Waals surface area contributed by atoms with Crippen LogP contribution in [-0.2, 0) is 19.3 Å². The Balaban J connectivity index is 0.000000433. The van der Waals surface area contributed by atoms with Crippen LogP contribution < -0.4 is 15.4 Å². The van der Waals surface area contributed by atoms with Crippen molar-refractivity contribution in [2.24, 2.45) is 0 Å². The maximum absolute atomic E-state index is 16.6. The molecule has 0 saturated carbocycles. The second-order valence-corrected chi connectivity index (χ2v) is 14.7. The third-order valence-corrected chi connectivity index (χ3v) is 11.0. The topological polar surface area (TPSA) is 129 Å². The Morgan fingerprint density at radius 3 is 2.59 bits per heavy atom. The van der Waals surface area contributed by atoms with Gasteiger partial charge in [0, 0.05) is 56.1 Å². The van der Waals surface area contributed by atoms with Crippen LogP contribution in [0.3, 0.4) is 0 Å². The zero-order valence-corrected chi connectivity index (χ0v) is 30.3. The van der Waals surface area contributed by atoms with Gasteiger partial charge in [0.25, 0.3) is 5.91 Å². The molecule has 3 aliphatic heterocycles. The highest BCUT2D eigenvalue weighted by Crippen LogP contribution is 2.48. The summed E-state index contributed by atoms with van der Waals surface area (Å²) in [4.78, 5) is 26.3. The Labute approximate surface area is 309 Å². The number of anilines is 2. The molecule has 284 valence electrons. The fourth-order valence-corrected chi connectivity index (χ4v) is 8.47. The van der Waals surface area contributed by atoms with Gasteiger partial charge in [-0.05, 0) is 56.0 Å². The summed E-state index contributed by atoms with van der Waals surface area (Å²) in [7, 11) is 4.41. The normalized spacial score (nSPS) is 18.6. The number of carbonyl (C=O) groups is 1. The first-order valence-corrected chi connectivity index (χ1v) is 18.0.